The Labute approximate surface area is 124 Å². The molecule has 21 heavy (non-hydrogen) atoms. The van der Waals surface area contributed by atoms with E-state index >= 15 is 0 Å². The van der Waals surface area contributed by atoms with Crippen LogP contribution in [-0.2, 0) is 0 Å². The average Bonchev–Trinajstić information content (AvgIpc) is 2.48. The summed E-state index contributed by atoms with van der Waals surface area (Å²) in [6.45, 7) is 0.600. The van der Waals surface area contributed by atoms with Crippen LogP contribution in [0.5, 0.6) is 0 Å². The summed E-state index contributed by atoms with van der Waals surface area (Å²) in [7, 11) is 3.81. The van der Waals surface area contributed by atoms with Gasteiger partial charge in [0.2, 0.25) is 5.95 Å². The van der Waals surface area contributed by atoms with Crippen LogP contribution in [0.15, 0.2) is 42.6 Å². The Balaban J connectivity index is 2.35. The van der Waals surface area contributed by atoms with E-state index in [1.165, 1.54) is 0 Å². The van der Waals surface area contributed by atoms with Crippen molar-refractivity contribution in [3.8, 4) is 0 Å². The van der Waals surface area contributed by atoms with Crippen molar-refractivity contribution < 1.29 is 0 Å². The lowest BCUT2D eigenvalue weighted by Crippen LogP contribution is -2.25. The molecule has 0 aliphatic heterocycles. The first kappa shape index (κ1) is 14.8. The first-order chi connectivity index (χ1) is 10.1. The Bertz CT molecular complexity index is 596. The molecule has 0 aliphatic rings. The lowest BCUT2D eigenvalue weighted by Gasteiger charge is -2.24. The van der Waals surface area contributed by atoms with E-state index in [0.717, 1.165) is 11.5 Å². The largest absolute Gasteiger partial charge is 0.388 e. The summed E-state index contributed by atoms with van der Waals surface area (Å²) in [5, 5.41) is 7.43. The molecule has 110 valence electrons. The Morgan fingerprint density at radius 3 is 2.52 bits per heavy atom. The summed E-state index contributed by atoms with van der Waals surface area (Å²) in [4.78, 5) is 12.7. The van der Waals surface area contributed by atoms with Crippen molar-refractivity contribution in [3.63, 3.8) is 0 Å². The van der Waals surface area contributed by atoms with Gasteiger partial charge in [0, 0.05) is 38.9 Å². The van der Waals surface area contributed by atoms with Crippen molar-refractivity contribution in [2.24, 2.45) is 5.73 Å². The first-order valence-electron chi connectivity index (χ1n) is 6.74. The molecule has 0 amide bonds. The fourth-order valence-electron chi connectivity index (χ4n) is 1.92. The van der Waals surface area contributed by atoms with Crippen LogP contribution in [0.25, 0.3) is 0 Å². The summed E-state index contributed by atoms with van der Waals surface area (Å²) in [5.74, 6) is 1.61. The van der Waals surface area contributed by atoms with Crippen LogP contribution in [0, 0.1) is 5.41 Å². The van der Waals surface area contributed by atoms with E-state index in [9.17, 15) is 0 Å². The molecule has 3 N–H and O–H groups in total. The van der Waals surface area contributed by atoms with Gasteiger partial charge in [0.1, 0.15) is 5.82 Å². The third-order valence-electron chi connectivity index (χ3n) is 2.98. The monoisotopic (exact) mass is 284 g/mol. The van der Waals surface area contributed by atoms with Gasteiger partial charge in [-0.3, -0.25) is 5.41 Å². The number of nitrogens with two attached hydrogens (primary N) is 1. The molecular formula is C15H20N6. The minimum Gasteiger partial charge on any atom is -0.388 e. The highest BCUT2D eigenvalue weighted by atomic mass is 15.3. The second-order valence-electron chi connectivity index (χ2n) is 4.87. The molecule has 6 nitrogen and oxygen atoms in total. The molecule has 0 radical (unpaired) electrons. The highest BCUT2D eigenvalue weighted by Crippen LogP contribution is 2.24. The predicted molar refractivity (Wildman–Crippen MR) is 86.3 cm³/mol. The summed E-state index contributed by atoms with van der Waals surface area (Å²) in [6.07, 6.45) is 2.22. The molecule has 0 atom stereocenters. The van der Waals surface area contributed by atoms with Crippen molar-refractivity contribution in [3.05, 3.63) is 42.6 Å². The normalized spacial score (nSPS) is 10.2. The number of rotatable bonds is 6. The maximum absolute atomic E-state index is 7.43. The molecule has 6 heteroatoms. The molecule has 1 aromatic carbocycles. The standard InChI is InChI=1S/C15H20N6/c1-20(2)15-18-10-8-14(19-15)21(11-9-13(16)17)12-6-4-3-5-7-12/h3-8,10H,9,11H2,1-2H3,(H3,16,17). The molecule has 0 saturated heterocycles. The molecule has 0 saturated carbocycles. The number of amidine groups is 1. The second-order valence-corrected chi connectivity index (χ2v) is 4.87. The molecule has 0 bridgehead atoms. The number of nitrogens with one attached hydrogen (secondary N) is 1. The summed E-state index contributed by atoms with van der Waals surface area (Å²) < 4.78 is 0. The van der Waals surface area contributed by atoms with Crippen LogP contribution in [-0.4, -0.2) is 36.4 Å². The van der Waals surface area contributed by atoms with Gasteiger partial charge >= 0.3 is 0 Å². The zero-order valence-electron chi connectivity index (χ0n) is 12.3. The number of aromatic nitrogens is 2. The van der Waals surface area contributed by atoms with Gasteiger partial charge in [-0.2, -0.15) is 4.98 Å². The summed E-state index contributed by atoms with van der Waals surface area (Å²) >= 11 is 0. The Morgan fingerprint density at radius 1 is 1.19 bits per heavy atom. The van der Waals surface area contributed by atoms with E-state index in [0.29, 0.717) is 18.9 Å². The van der Waals surface area contributed by atoms with Gasteiger partial charge < -0.3 is 15.5 Å². The van der Waals surface area contributed by atoms with Gasteiger partial charge in [-0.05, 0) is 18.2 Å². The first-order valence-corrected chi connectivity index (χ1v) is 6.74. The van der Waals surface area contributed by atoms with Crippen LogP contribution >= 0.6 is 0 Å². The third kappa shape index (κ3) is 3.92. The van der Waals surface area contributed by atoms with Gasteiger partial charge in [-0.15, -0.1) is 0 Å². The highest BCUT2D eigenvalue weighted by molar-refractivity contribution is 5.78. The fourth-order valence-corrected chi connectivity index (χ4v) is 1.92. The van der Waals surface area contributed by atoms with E-state index in [1.54, 1.807) is 6.20 Å². The number of nitrogens with zero attached hydrogens (tertiary/aromatic N) is 4. The zero-order chi connectivity index (χ0) is 15.2. The maximum Gasteiger partial charge on any atom is 0.226 e. The Hall–Kier alpha value is -2.63. The van der Waals surface area contributed by atoms with Gasteiger partial charge in [0.25, 0.3) is 0 Å². The number of anilines is 3. The van der Waals surface area contributed by atoms with Crippen LogP contribution in [0.2, 0.25) is 0 Å². The smallest absolute Gasteiger partial charge is 0.226 e. The molecule has 1 heterocycles. The molecule has 2 aromatic rings. The molecule has 0 aliphatic carbocycles. The van der Waals surface area contributed by atoms with E-state index < -0.39 is 0 Å². The molecule has 0 fully saturated rings. The molecule has 0 spiro atoms. The van der Waals surface area contributed by atoms with E-state index in [4.69, 9.17) is 11.1 Å². The van der Waals surface area contributed by atoms with Crippen LogP contribution < -0.4 is 15.5 Å². The lowest BCUT2D eigenvalue weighted by atomic mass is 10.2. The van der Waals surface area contributed by atoms with E-state index in [2.05, 4.69) is 9.97 Å². The quantitative estimate of drug-likeness (QED) is 0.626. The van der Waals surface area contributed by atoms with Crippen molar-refractivity contribution in [1.29, 1.82) is 5.41 Å². The van der Waals surface area contributed by atoms with Crippen LogP contribution in [0.1, 0.15) is 6.42 Å². The van der Waals surface area contributed by atoms with Gasteiger partial charge in [0.15, 0.2) is 0 Å². The predicted octanol–water partition coefficient (Wildman–Crippen LogP) is 2.01. The SMILES string of the molecule is CN(C)c1nccc(N(CCC(=N)N)c2ccccc2)n1. The second kappa shape index (κ2) is 6.69. The minimum atomic E-state index is 0.165. The zero-order valence-corrected chi connectivity index (χ0v) is 12.3. The van der Waals surface area contributed by atoms with Gasteiger partial charge in [0.05, 0.1) is 5.84 Å². The molecule has 1 aromatic heterocycles. The average molecular weight is 284 g/mol. The van der Waals surface area contributed by atoms with Crippen molar-refractivity contribution in [1.82, 2.24) is 9.97 Å². The van der Waals surface area contributed by atoms with Gasteiger partial charge in [-0.1, -0.05) is 18.2 Å². The number of hydrogen-bond donors (Lipinski definition) is 2. The third-order valence-corrected chi connectivity index (χ3v) is 2.98. The van der Waals surface area contributed by atoms with Crippen molar-refractivity contribution >= 4 is 23.3 Å². The van der Waals surface area contributed by atoms with E-state index in [1.807, 2.05) is 60.3 Å². The lowest BCUT2D eigenvalue weighted by molar-refractivity contribution is 0.911. The summed E-state index contributed by atoms with van der Waals surface area (Å²) in [5.41, 5.74) is 6.51. The fraction of sp³-hybridized carbons (Fsp3) is 0.267. The van der Waals surface area contributed by atoms with Crippen LogP contribution in [0.3, 0.4) is 0 Å². The number of hydrogen-bond acceptors (Lipinski definition) is 5. The van der Waals surface area contributed by atoms with Crippen molar-refractivity contribution in [2.75, 3.05) is 30.4 Å². The van der Waals surface area contributed by atoms with Gasteiger partial charge in [-0.25, -0.2) is 4.98 Å². The Kier molecular flexibility index (Phi) is 4.71. The topological polar surface area (TPSA) is 82.1 Å². The number of para-hydroxylation sites is 1. The highest BCUT2D eigenvalue weighted by Gasteiger charge is 2.12. The van der Waals surface area contributed by atoms with Crippen molar-refractivity contribution in [2.45, 2.75) is 6.42 Å². The Morgan fingerprint density at radius 2 is 1.90 bits per heavy atom. The minimum absolute atomic E-state index is 0.165. The summed E-state index contributed by atoms with van der Waals surface area (Å²) in [6, 6.07) is 11.8. The van der Waals surface area contributed by atoms with Crippen LogP contribution in [0.4, 0.5) is 17.5 Å². The molecule has 0 unspecified atom stereocenters. The number of benzene rings is 1. The van der Waals surface area contributed by atoms with E-state index in [-0.39, 0.29) is 5.84 Å². The molecule has 2 rings (SSSR count). The maximum atomic E-state index is 7.43. The molecular weight excluding hydrogens is 264 g/mol.